The topological polar surface area (TPSA) is 46.5 Å². The SMILES string of the molecule is CC[Si](CC)(CC)O[C@@H](CC(C)C)C(=O)C[C@@H](O)C(C)C. The summed E-state index contributed by atoms with van der Waals surface area (Å²) in [5.41, 5.74) is 0. The van der Waals surface area contributed by atoms with Gasteiger partial charge in [0.2, 0.25) is 0 Å². The van der Waals surface area contributed by atoms with E-state index in [0.717, 1.165) is 24.6 Å². The second-order valence-electron chi connectivity index (χ2n) is 6.96. The van der Waals surface area contributed by atoms with Crippen molar-refractivity contribution in [2.45, 2.75) is 91.6 Å². The fraction of sp³-hybridized carbons (Fsp3) is 0.941. The molecule has 0 aromatic carbocycles. The highest BCUT2D eigenvalue weighted by atomic mass is 28.4. The van der Waals surface area contributed by atoms with Gasteiger partial charge in [0.25, 0.3) is 0 Å². The molecule has 0 saturated heterocycles. The van der Waals surface area contributed by atoms with Crippen molar-refractivity contribution in [1.82, 2.24) is 0 Å². The van der Waals surface area contributed by atoms with Gasteiger partial charge in [0, 0.05) is 6.42 Å². The standard InChI is InChI=1S/C17H36O3Si/c1-8-21(9-2,10-3)20-17(11-13(4)5)16(19)12-15(18)14(6)7/h13-15,17-18H,8-12H2,1-7H3/t15-,17+/m1/s1. The molecule has 0 bridgehead atoms. The summed E-state index contributed by atoms with van der Waals surface area (Å²) in [4.78, 5) is 12.6. The summed E-state index contributed by atoms with van der Waals surface area (Å²) in [5.74, 6) is 0.615. The highest BCUT2D eigenvalue weighted by molar-refractivity contribution is 6.73. The third kappa shape index (κ3) is 7.07. The van der Waals surface area contributed by atoms with Crippen molar-refractivity contribution in [1.29, 1.82) is 0 Å². The Bertz CT molecular complexity index is 290. The van der Waals surface area contributed by atoms with Crippen LogP contribution in [0.2, 0.25) is 18.1 Å². The Labute approximate surface area is 132 Å². The van der Waals surface area contributed by atoms with Gasteiger partial charge in [-0.05, 0) is 36.4 Å². The smallest absolute Gasteiger partial charge is 0.193 e. The van der Waals surface area contributed by atoms with Gasteiger partial charge in [-0.2, -0.15) is 0 Å². The molecular formula is C17H36O3Si. The van der Waals surface area contributed by atoms with Crippen LogP contribution in [0, 0.1) is 11.8 Å². The third-order valence-corrected chi connectivity index (χ3v) is 9.20. The maximum Gasteiger partial charge on any atom is 0.193 e. The van der Waals surface area contributed by atoms with Crippen molar-refractivity contribution >= 4 is 14.1 Å². The first-order valence-corrected chi connectivity index (χ1v) is 11.1. The monoisotopic (exact) mass is 316 g/mol. The molecule has 3 nitrogen and oxygen atoms in total. The van der Waals surface area contributed by atoms with E-state index >= 15 is 0 Å². The summed E-state index contributed by atoms with van der Waals surface area (Å²) in [6, 6.07) is 3.15. The first-order chi connectivity index (χ1) is 9.71. The molecule has 0 aliphatic carbocycles. The summed E-state index contributed by atoms with van der Waals surface area (Å²) in [7, 11) is -1.79. The normalized spacial score (nSPS) is 15.5. The van der Waals surface area contributed by atoms with E-state index in [9.17, 15) is 9.90 Å². The Morgan fingerprint density at radius 3 is 1.86 bits per heavy atom. The summed E-state index contributed by atoms with van der Waals surface area (Å²) < 4.78 is 6.42. The van der Waals surface area contributed by atoms with Gasteiger partial charge < -0.3 is 9.53 Å². The highest BCUT2D eigenvalue weighted by Gasteiger charge is 2.35. The highest BCUT2D eigenvalue weighted by Crippen LogP contribution is 2.27. The summed E-state index contributed by atoms with van der Waals surface area (Å²) in [6.07, 6.45) is 0.0938. The Morgan fingerprint density at radius 1 is 1.05 bits per heavy atom. The van der Waals surface area contributed by atoms with Crippen molar-refractivity contribution in [3.8, 4) is 0 Å². The molecule has 2 atom stereocenters. The molecule has 0 aromatic heterocycles. The predicted molar refractivity (Wildman–Crippen MR) is 92.0 cm³/mol. The zero-order chi connectivity index (χ0) is 16.6. The second kappa shape index (κ2) is 9.75. The van der Waals surface area contributed by atoms with Crippen LogP contribution in [0.15, 0.2) is 0 Å². The molecule has 1 N–H and O–H groups in total. The van der Waals surface area contributed by atoms with Crippen LogP contribution in [-0.4, -0.2) is 31.4 Å². The predicted octanol–water partition coefficient (Wildman–Crippen LogP) is 4.40. The molecule has 0 heterocycles. The van der Waals surface area contributed by atoms with Gasteiger partial charge in [-0.15, -0.1) is 0 Å². The Kier molecular flexibility index (Phi) is 9.66. The van der Waals surface area contributed by atoms with Crippen LogP contribution in [0.5, 0.6) is 0 Å². The molecule has 0 aliphatic heterocycles. The largest absolute Gasteiger partial charge is 0.407 e. The minimum Gasteiger partial charge on any atom is -0.407 e. The number of carbonyl (C=O) groups excluding carboxylic acids is 1. The van der Waals surface area contributed by atoms with E-state index in [4.69, 9.17) is 4.43 Å². The molecular weight excluding hydrogens is 280 g/mol. The van der Waals surface area contributed by atoms with Crippen LogP contribution in [0.3, 0.4) is 0 Å². The Balaban J connectivity index is 4.98. The maximum absolute atomic E-state index is 12.6. The van der Waals surface area contributed by atoms with Gasteiger partial charge in [0.15, 0.2) is 14.1 Å². The maximum atomic E-state index is 12.6. The number of Topliss-reactive ketones (excluding diaryl/α,β-unsaturated/α-hetero) is 1. The Hall–Kier alpha value is -0.193. The molecule has 4 heteroatoms. The van der Waals surface area contributed by atoms with Gasteiger partial charge in [0.05, 0.1) is 6.10 Å². The summed E-state index contributed by atoms with van der Waals surface area (Å²) in [5, 5.41) is 9.98. The zero-order valence-electron chi connectivity index (χ0n) is 15.1. The fourth-order valence-corrected chi connectivity index (χ4v) is 5.38. The lowest BCUT2D eigenvalue weighted by Gasteiger charge is -2.33. The molecule has 0 rings (SSSR count). The van der Waals surface area contributed by atoms with Crippen molar-refractivity contribution in [2.24, 2.45) is 11.8 Å². The van der Waals surface area contributed by atoms with Gasteiger partial charge in [-0.25, -0.2) is 0 Å². The minimum absolute atomic E-state index is 0.0807. The summed E-state index contributed by atoms with van der Waals surface area (Å²) in [6.45, 7) is 14.7. The van der Waals surface area contributed by atoms with Crippen LogP contribution in [0.25, 0.3) is 0 Å². The average Bonchev–Trinajstić information content (AvgIpc) is 2.43. The van der Waals surface area contributed by atoms with Gasteiger partial charge in [-0.3, -0.25) is 4.79 Å². The van der Waals surface area contributed by atoms with Crippen LogP contribution in [0.1, 0.15) is 61.3 Å². The van der Waals surface area contributed by atoms with Crippen LogP contribution >= 0.6 is 0 Å². The molecule has 0 saturated carbocycles. The number of aliphatic hydroxyl groups is 1. The van der Waals surface area contributed by atoms with E-state index < -0.39 is 14.4 Å². The van der Waals surface area contributed by atoms with Crippen molar-refractivity contribution in [2.75, 3.05) is 0 Å². The average molecular weight is 317 g/mol. The molecule has 0 radical (unpaired) electrons. The quantitative estimate of drug-likeness (QED) is 0.575. The number of hydrogen-bond donors (Lipinski definition) is 1. The lowest BCUT2D eigenvalue weighted by molar-refractivity contribution is -0.129. The first kappa shape index (κ1) is 20.8. The number of carbonyl (C=O) groups is 1. The van der Waals surface area contributed by atoms with E-state index in [-0.39, 0.29) is 24.2 Å². The Morgan fingerprint density at radius 2 is 1.52 bits per heavy atom. The van der Waals surface area contributed by atoms with E-state index in [2.05, 4.69) is 34.6 Å². The van der Waals surface area contributed by atoms with Crippen molar-refractivity contribution in [3.05, 3.63) is 0 Å². The number of hydrogen-bond acceptors (Lipinski definition) is 3. The molecule has 0 unspecified atom stereocenters. The number of ketones is 1. The van der Waals surface area contributed by atoms with Crippen molar-refractivity contribution < 1.29 is 14.3 Å². The second-order valence-corrected chi connectivity index (χ2v) is 11.7. The van der Waals surface area contributed by atoms with Crippen LogP contribution in [-0.2, 0) is 9.22 Å². The molecule has 126 valence electrons. The number of rotatable bonds is 11. The lowest BCUT2D eigenvalue weighted by atomic mass is 9.96. The zero-order valence-corrected chi connectivity index (χ0v) is 16.1. The lowest BCUT2D eigenvalue weighted by Crippen LogP contribution is -2.44. The number of aliphatic hydroxyl groups excluding tert-OH is 1. The van der Waals surface area contributed by atoms with E-state index in [1.54, 1.807) is 0 Å². The third-order valence-electron chi connectivity index (χ3n) is 4.55. The minimum atomic E-state index is -1.79. The van der Waals surface area contributed by atoms with Gasteiger partial charge >= 0.3 is 0 Å². The fourth-order valence-electron chi connectivity index (χ4n) is 2.55. The van der Waals surface area contributed by atoms with Gasteiger partial charge in [-0.1, -0.05) is 48.5 Å². The molecule has 21 heavy (non-hydrogen) atoms. The summed E-state index contributed by atoms with van der Waals surface area (Å²) >= 11 is 0. The first-order valence-electron chi connectivity index (χ1n) is 8.59. The van der Waals surface area contributed by atoms with Crippen LogP contribution in [0.4, 0.5) is 0 Å². The molecule has 0 amide bonds. The molecule has 0 spiro atoms. The molecule has 0 aromatic rings. The molecule has 0 aliphatic rings. The van der Waals surface area contributed by atoms with E-state index in [1.807, 2.05) is 13.8 Å². The van der Waals surface area contributed by atoms with Gasteiger partial charge in [0.1, 0.15) is 6.10 Å². The van der Waals surface area contributed by atoms with Crippen LogP contribution < -0.4 is 0 Å². The van der Waals surface area contributed by atoms with Crippen molar-refractivity contribution in [3.63, 3.8) is 0 Å². The van der Waals surface area contributed by atoms with E-state index in [0.29, 0.717) is 5.92 Å². The van der Waals surface area contributed by atoms with E-state index in [1.165, 1.54) is 0 Å². The molecule has 0 fully saturated rings.